The number of aromatic nitrogens is 3. The van der Waals surface area contributed by atoms with Crippen LogP contribution in [0.2, 0.25) is 0 Å². The summed E-state index contributed by atoms with van der Waals surface area (Å²) >= 11 is 0. The van der Waals surface area contributed by atoms with E-state index < -0.39 is 0 Å². The Hall–Kier alpha value is -1.84. The van der Waals surface area contributed by atoms with Gasteiger partial charge in [-0.2, -0.15) is 0 Å². The molecule has 0 spiro atoms. The van der Waals surface area contributed by atoms with E-state index in [4.69, 9.17) is 0 Å². The Balaban J connectivity index is 2.27. The van der Waals surface area contributed by atoms with E-state index in [0.29, 0.717) is 6.54 Å². The summed E-state index contributed by atoms with van der Waals surface area (Å²) in [7, 11) is 0. The van der Waals surface area contributed by atoms with Gasteiger partial charge in [-0.25, -0.2) is 4.79 Å². The Labute approximate surface area is 94.2 Å². The first-order valence-electron chi connectivity index (χ1n) is 5.34. The second kappa shape index (κ2) is 4.35. The first-order chi connectivity index (χ1) is 7.68. The van der Waals surface area contributed by atoms with Crippen molar-refractivity contribution < 1.29 is 0 Å². The van der Waals surface area contributed by atoms with Gasteiger partial charge in [-0.1, -0.05) is 0 Å². The molecule has 0 unspecified atom stereocenters. The Morgan fingerprint density at radius 3 is 2.50 bits per heavy atom. The van der Waals surface area contributed by atoms with Crippen LogP contribution in [0.3, 0.4) is 0 Å². The molecule has 0 aliphatic rings. The smallest absolute Gasteiger partial charge is 0.297 e. The molecule has 0 saturated carbocycles. The maximum Gasteiger partial charge on any atom is 0.328 e. The summed E-state index contributed by atoms with van der Waals surface area (Å²) in [4.78, 5) is 15.9. The number of rotatable bonds is 3. The first-order valence-corrected chi connectivity index (χ1v) is 5.34. The van der Waals surface area contributed by atoms with Gasteiger partial charge in [-0.05, 0) is 31.5 Å². The highest BCUT2D eigenvalue weighted by molar-refractivity contribution is 5.10. The largest absolute Gasteiger partial charge is 0.328 e. The second-order valence-corrected chi connectivity index (χ2v) is 4.07. The van der Waals surface area contributed by atoms with E-state index >= 15 is 0 Å². The summed E-state index contributed by atoms with van der Waals surface area (Å²) in [5, 5.41) is 0. The van der Waals surface area contributed by atoms with Crippen molar-refractivity contribution in [2.75, 3.05) is 0 Å². The Morgan fingerprint density at radius 1 is 1.25 bits per heavy atom. The minimum atomic E-state index is 0.0341. The Kier molecular flexibility index (Phi) is 2.90. The molecule has 0 saturated heterocycles. The summed E-state index contributed by atoms with van der Waals surface area (Å²) in [5.74, 6) is 0. The van der Waals surface area contributed by atoms with Gasteiger partial charge < -0.3 is 0 Å². The van der Waals surface area contributed by atoms with Gasteiger partial charge in [0.25, 0.3) is 0 Å². The van der Waals surface area contributed by atoms with Crippen LogP contribution in [0.5, 0.6) is 0 Å². The molecular weight excluding hydrogens is 202 g/mol. The Morgan fingerprint density at radius 2 is 1.94 bits per heavy atom. The summed E-state index contributed by atoms with van der Waals surface area (Å²) in [5.41, 5.74) is 1.12. The van der Waals surface area contributed by atoms with Crippen molar-refractivity contribution >= 4 is 0 Å². The fourth-order valence-corrected chi connectivity index (χ4v) is 1.63. The van der Waals surface area contributed by atoms with Crippen LogP contribution < -0.4 is 5.69 Å². The average molecular weight is 217 g/mol. The first kappa shape index (κ1) is 10.7. The molecule has 0 radical (unpaired) electrons. The van der Waals surface area contributed by atoms with E-state index in [1.54, 1.807) is 21.5 Å². The van der Waals surface area contributed by atoms with Crippen LogP contribution in [-0.4, -0.2) is 14.1 Å². The highest BCUT2D eigenvalue weighted by atomic mass is 16.1. The highest BCUT2D eigenvalue weighted by Crippen LogP contribution is 2.02. The van der Waals surface area contributed by atoms with Gasteiger partial charge in [0.1, 0.15) is 0 Å². The van der Waals surface area contributed by atoms with E-state index in [-0.39, 0.29) is 11.7 Å². The van der Waals surface area contributed by atoms with Crippen LogP contribution in [0.1, 0.15) is 25.5 Å². The van der Waals surface area contributed by atoms with Crippen molar-refractivity contribution in [2.45, 2.75) is 26.4 Å². The minimum absolute atomic E-state index is 0.0341. The number of hydrogen-bond acceptors (Lipinski definition) is 2. The summed E-state index contributed by atoms with van der Waals surface area (Å²) in [6, 6.07) is 4.03. The van der Waals surface area contributed by atoms with Crippen LogP contribution in [-0.2, 0) is 6.54 Å². The van der Waals surface area contributed by atoms with Crippen LogP contribution in [0.15, 0.2) is 41.7 Å². The molecule has 84 valence electrons. The lowest BCUT2D eigenvalue weighted by molar-refractivity contribution is 0.561. The number of nitrogens with zero attached hydrogens (tertiary/aromatic N) is 3. The van der Waals surface area contributed by atoms with E-state index in [1.807, 2.05) is 38.4 Å². The Bertz CT molecular complexity index is 511. The van der Waals surface area contributed by atoms with E-state index in [2.05, 4.69) is 4.98 Å². The van der Waals surface area contributed by atoms with Crippen molar-refractivity contribution in [2.24, 2.45) is 0 Å². The lowest BCUT2D eigenvalue weighted by atomic mass is 10.3. The molecule has 0 N–H and O–H groups in total. The van der Waals surface area contributed by atoms with Gasteiger partial charge in [0, 0.05) is 30.8 Å². The zero-order valence-corrected chi connectivity index (χ0v) is 9.50. The van der Waals surface area contributed by atoms with Crippen molar-refractivity contribution in [3.05, 3.63) is 53.0 Å². The molecule has 0 aliphatic carbocycles. The van der Waals surface area contributed by atoms with Gasteiger partial charge in [0.05, 0.1) is 6.54 Å². The van der Waals surface area contributed by atoms with Crippen LogP contribution >= 0.6 is 0 Å². The average Bonchev–Trinajstić information content (AvgIpc) is 2.62. The quantitative estimate of drug-likeness (QED) is 0.784. The van der Waals surface area contributed by atoms with Crippen molar-refractivity contribution in [1.82, 2.24) is 14.1 Å². The minimum Gasteiger partial charge on any atom is -0.297 e. The monoisotopic (exact) mass is 217 g/mol. The highest BCUT2D eigenvalue weighted by Gasteiger charge is 2.05. The zero-order chi connectivity index (χ0) is 11.5. The van der Waals surface area contributed by atoms with Crippen molar-refractivity contribution in [3.63, 3.8) is 0 Å². The maximum atomic E-state index is 11.9. The number of pyridine rings is 1. The van der Waals surface area contributed by atoms with E-state index in [1.165, 1.54) is 0 Å². The molecule has 4 heteroatoms. The van der Waals surface area contributed by atoms with Crippen LogP contribution in [0, 0.1) is 0 Å². The second-order valence-electron chi connectivity index (χ2n) is 4.07. The third-order valence-corrected chi connectivity index (χ3v) is 2.53. The topological polar surface area (TPSA) is 39.8 Å². The molecule has 2 rings (SSSR count). The molecule has 0 aromatic carbocycles. The molecule has 16 heavy (non-hydrogen) atoms. The predicted molar refractivity (Wildman–Crippen MR) is 62.4 cm³/mol. The zero-order valence-electron chi connectivity index (χ0n) is 9.50. The summed E-state index contributed by atoms with van der Waals surface area (Å²) in [6.07, 6.45) is 7.12. The molecule has 0 bridgehead atoms. The van der Waals surface area contributed by atoms with Gasteiger partial charge >= 0.3 is 5.69 Å². The summed E-state index contributed by atoms with van der Waals surface area (Å²) in [6.45, 7) is 4.59. The van der Waals surface area contributed by atoms with Crippen LogP contribution in [0.4, 0.5) is 0 Å². The third-order valence-electron chi connectivity index (χ3n) is 2.53. The molecule has 0 aliphatic heterocycles. The molecule has 0 atom stereocenters. The molecule has 0 amide bonds. The predicted octanol–water partition coefficient (Wildman–Crippen LogP) is 1.67. The van der Waals surface area contributed by atoms with Gasteiger partial charge in [-0.15, -0.1) is 0 Å². The van der Waals surface area contributed by atoms with Crippen molar-refractivity contribution in [1.29, 1.82) is 0 Å². The van der Waals surface area contributed by atoms with E-state index in [0.717, 1.165) is 5.56 Å². The van der Waals surface area contributed by atoms with Gasteiger partial charge in [0.15, 0.2) is 0 Å². The normalized spacial score (nSPS) is 10.9. The molecular formula is C12H15N3O. The fourth-order valence-electron chi connectivity index (χ4n) is 1.63. The molecule has 0 fully saturated rings. The fraction of sp³-hybridized carbons (Fsp3) is 0.333. The van der Waals surface area contributed by atoms with Gasteiger partial charge in [-0.3, -0.25) is 14.1 Å². The molecule has 2 aromatic rings. The molecule has 2 heterocycles. The summed E-state index contributed by atoms with van der Waals surface area (Å²) < 4.78 is 3.43. The maximum absolute atomic E-state index is 11.9. The lowest BCUT2D eigenvalue weighted by Crippen LogP contribution is -2.25. The SMILES string of the molecule is CC(C)n1ccn(Cc2ccncc2)c1=O. The number of hydrogen-bond donors (Lipinski definition) is 0. The van der Waals surface area contributed by atoms with Crippen molar-refractivity contribution in [3.8, 4) is 0 Å². The van der Waals surface area contributed by atoms with Crippen LogP contribution in [0.25, 0.3) is 0 Å². The third kappa shape index (κ3) is 2.05. The lowest BCUT2D eigenvalue weighted by Gasteiger charge is -2.04. The molecule has 4 nitrogen and oxygen atoms in total. The standard InChI is InChI=1S/C12H15N3O/c1-10(2)15-8-7-14(12(15)16)9-11-3-5-13-6-4-11/h3-8,10H,9H2,1-2H3. The number of imidazole rings is 1. The van der Waals surface area contributed by atoms with E-state index in [9.17, 15) is 4.79 Å². The van der Waals surface area contributed by atoms with Gasteiger partial charge in [0.2, 0.25) is 0 Å². The molecule has 2 aromatic heterocycles.